The highest BCUT2D eigenvalue weighted by Crippen LogP contribution is 2.23. The van der Waals surface area contributed by atoms with Gasteiger partial charge >= 0.3 is 0 Å². The maximum Gasteiger partial charge on any atom is 0.243 e. The van der Waals surface area contributed by atoms with Crippen LogP contribution in [0.25, 0.3) is 0 Å². The first kappa shape index (κ1) is 22.2. The highest BCUT2D eigenvalue weighted by atomic mass is 35.5. The minimum atomic E-state index is -3.73. The summed E-state index contributed by atoms with van der Waals surface area (Å²) in [5.41, 5.74) is 1.25. The Morgan fingerprint density at radius 1 is 1.18 bits per heavy atom. The lowest BCUT2D eigenvalue weighted by atomic mass is 10.1. The van der Waals surface area contributed by atoms with Crippen LogP contribution in [-0.2, 0) is 21.2 Å². The molecule has 2 rings (SSSR count). The summed E-state index contributed by atoms with van der Waals surface area (Å²) in [6.07, 6.45) is 2.68. The van der Waals surface area contributed by atoms with Gasteiger partial charge in [-0.15, -0.1) is 0 Å². The number of rotatable bonds is 9. The molecule has 2 aromatic carbocycles. The fourth-order valence-electron chi connectivity index (χ4n) is 2.96. The molecule has 2 aromatic rings. The van der Waals surface area contributed by atoms with E-state index >= 15 is 0 Å². The third kappa shape index (κ3) is 5.94. The molecule has 0 bridgehead atoms. The first-order chi connectivity index (χ1) is 13.2. The lowest BCUT2D eigenvalue weighted by Gasteiger charge is -2.30. The van der Waals surface area contributed by atoms with Crippen molar-refractivity contribution in [2.45, 2.75) is 32.2 Å². The second-order valence-corrected chi connectivity index (χ2v) is 8.71. The van der Waals surface area contributed by atoms with E-state index in [-0.39, 0.29) is 12.1 Å². The summed E-state index contributed by atoms with van der Waals surface area (Å²) < 4.78 is 38.9. The Morgan fingerprint density at radius 2 is 1.82 bits per heavy atom. The first-order valence-electron chi connectivity index (χ1n) is 9.00. The molecule has 0 unspecified atom stereocenters. The van der Waals surface area contributed by atoms with Gasteiger partial charge in [-0.1, -0.05) is 36.7 Å². The van der Waals surface area contributed by atoms with Crippen molar-refractivity contribution in [1.82, 2.24) is 5.32 Å². The third-order valence-corrected chi connectivity index (χ3v) is 5.84. The molecule has 1 amide bonds. The summed E-state index contributed by atoms with van der Waals surface area (Å²) in [7, 11) is -3.73. The van der Waals surface area contributed by atoms with E-state index in [1.54, 1.807) is 6.92 Å². The summed E-state index contributed by atoms with van der Waals surface area (Å²) in [4.78, 5) is 12.7. The van der Waals surface area contributed by atoms with Crippen molar-refractivity contribution < 1.29 is 17.6 Å². The Hall–Kier alpha value is -2.12. The van der Waals surface area contributed by atoms with Crippen molar-refractivity contribution in [3.8, 4) is 0 Å². The fraction of sp³-hybridized carbons (Fsp3) is 0.350. The maximum absolute atomic E-state index is 13.2. The van der Waals surface area contributed by atoms with Gasteiger partial charge in [0.25, 0.3) is 0 Å². The van der Waals surface area contributed by atoms with Crippen LogP contribution in [0.2, 0.25) is 5.02 Å². The number of hydrogen-bond acceptors (Lipinski definition) is 3. The summed E-state index contributed by atoms with van der Waals surface area (Å²) in [5, 5.41) is 3.48. The van der Waals surface area contributed by atoms with Gasteiger partial charge in [0.2, 0.25) is 15.9 Å². The van der Waals surface area contributed by atoms with Gasteiger partial charge in [-0.05, 0) is 55.2 Å². The normalized spacial score (nSPS) is 12.4. The van der Waals surface area contributed by atoms with Crippen molar-refractivity contribution in [1.29, 1.82) is 0 Å². The standard InChI is InChI=1S/C20H24ClFN2O3S/c1-3-19(24(28(2,26)27)17-12-10-16(22)11-13-17)20(25)23-14-6-8-15-7-4-5-9-18(15)21/h4-5,7,9-13,19H,3,6,8,14H2,1-2H3,(H,23,25)/t19-/m0/s1. The number of hydrogen-bond donors (Lipinski definition) is 1. The number of sulfonamides is 1. The Kier molecular flexibility index (Phi) is 7.83. The molecule has 0 radical (unpaired) electrons. The topological polar surface area (TPSA) is 66.5 Å². The number of carbonyl (C=O) groups is 1. The molecule has 0 saturated carbocycles. The molecule has 152 valence electrons. The quantitative estimate of drug-likeness (QED) is 0.620. The smallest absolute Gasteiger partial charge is 0.243 e. The van der Waals surface area contributed by atoms with E-state index < -0.39 is 27.8 Å². The summed E-state index contributed by atoms with van der Waals surface area (Å²) in [5.74, 6) is -0.870. The zero-order valence-corrected chi connectivity index (χ0v) is 17.4. The van der Waals surface area contributed by atoms with Crippen LogP contribution in [0.4, 0.5) is 10.1 Å². The second kappa shape index (κ2) is 9.89. The third-order valence-electron chi connectivity index (χ3n) is 4.29. The minimum absolute atomic E-state index is 0.252. The largest absolute Gasteiger partial charge is 0.354 e. The predicted molar refractivity (Wildman–Crippen MR) is 111 cm³/mol. The molecular weight excluding hydrogens is 403 g/mol. The highest BCUT2D eigenvalue weighted by Gasteiger charge is 2.31. The molecule has 0 aliphatic rings. The lowest BCUT2D eigenvalue weighted by Crippen LogP contribution is -2.49. The average molecular weight is 427 g/mol. The van der Waals surface area contributed by atoms with Crippen molar-refractivity contribution in [2.24, 2.45) is 0 Å². The van der Waals surface area contributed by atoms with Crippen LogP contribution in [-0.4, -0.2) is 33.2 Å². The van der Waals surface area contributed by atoms with Crippen LogP contribution >= 0.6 is 11.6 Å². The molecule has 0 aliphatic heterocycles. The van der Waals surface area contributed by atoms with Gasteiger partial charge in [0.15, 0.2) is 0 Å². The van der Waals surface area contributed by atoms with Crippen molar-refractivity contribution >= 4 is 33.2 Å². The number of halogens is 2. The fourth-order valence-corrected chi connectivity index (χ4v) is 4.40. The molecule has 0 spiro atoms. The maximum atomic E-state index is 13.2. The summed E-state index contributed by atoms with van der Waals surface area (Å²) >= 11 is 6.12. The van der Waals surface area contributed by atoms with Gasteiger partial charge in [-0.3, -0.25) is 9.10 Å². The van der Waals surface area contributed by atoms with Gasteiger partial charge in [0.05, 0.1) is 11.9 Å². The van der Waals surface area contributed by atoms with E-state index in [4.69, 9.17) is 11.6 Å². The highest BCUT2D eigenvalue weighted by molar-refractivity contribution is 7.92. The number of amides is 1. The Balaban J connectivity index is 2.05. The molecule has 0 aromatic heterocycles. The van der Waals surface area contributed by atoms with Gasteiger partial charge in [-0.2, -0.15) is 0 Å². The molecule has 0 aliphatic carbocycles. The van der Waals surface area contributed by atoms with Gasteiger partial charge in [0, 0.05) is 11.6 Å². The average Bonchev–Trinajstić information content (AvgIpc) is 2.64. The zero-order chi connectivity index (χ0) is 20.7. The Morgan fingerprint density at radius 3 is 2.39 bits per heavy atom. The van der Waals surface area contributed by atoms with Gasteiger partial charge in [-0.25, -0.2) is 12.8 Å². The second-order valence-electron chi connectivity index (χ2n) is 6.45. The Labute approximate surface area is 170 Å². The summed E-state index contributed by atoms with van der Waals surface area (Å²) in [6, 6.07) is 11.6. The monoisotopic (exact) mass is 426 g/mol. The van der Waals surface area contributed by atoms with Gasteiger partial charge < -0.3 is 5.32 Å². The van der Waals surface area contributed by atoms with Crippen LogP contribution < -0.4 is 9.62 Å². The molecular formula is C20H24ClFN2O3S. The molecule has 0 fully saturated rings. The summed E-state index contributed by atoms with van der Waals surface area (Å²) in [6.45, 7) is 2.12. The molecule has 8 heteroatoms. The molecule has 1 N–H and O–H groups in total. The number of nitrogens with one attached hydrogen (secondary N) is 1. The van der Waals surface area contributed by atoms with Crippen LogP contribution in [0, 0.1) is 5.82 Å². The zero-order valence-electron chi connectivity index (χ0n) is 15.9. The van der Waals surface area contributed by atoms with Gasteiger partial charge in [0.1, 0.15) is 11.9 Å². The van der Waals surface area contributed by atoms with E-state index in [1.165, 1.54) is 24.3 Å². The molecule has 1 atom stereocenters. The van der Waals surface area contributed by atoms with E-state index in [0.717, 1.165) is 16.1 Å². The molecule has 28 heavy (non-hydrogen) atoms. The molecule has 5 nitrogen and oxygen atoms in total. The Bertz CT molecular complexity index is 904. The first-order valence-corrected chi connectivity index (χ1v) is 11.2. The molecule has 0 saturated heterocycles. The predicted octanol–water partition coefficient (Wildman–Crippen LogP) is 3.77. The van der Waals surface area contributed by atoms with Crippen molar-refractivity contribution in [3.05, 3.63) is 64.9 Å². The number of anilines is 1. The van der Waals surface area contributed by atoms with Crippen LogP contribution in [0.3, 0.4) is 0 Å². The number of carbonyl (C=O) groups excluding carboxylic acids is 1. The SMILES string of the molecule is CC[C@@H](C(=O)NCCCc1ccccc1Cl)N(c1ccc(F)cc1)S(C)(=O)=O. The number of benzene rings is 2. The number of nitrogens with zero attached hydrogens (tertiary/aromatic N) is 1. The lowest BCUT2D eigenvalue weighted by molar-refractivity contribution is -0.122. The van der Waals surface area contributed by atoms with E-state index in [9.17, 15) is 17.6 Å². The van der Waals surface area contributed by atoms with E-state index in [0.29, 0.717) is 24.4 Å². The van der Waals surface area contributed by atoms with Crippen LogP contribution in [0.1, 0.15) is 25.3 Å². The minimum Gasteiger partial charge on any atom is -0.354 e. The van der Waals surface area contributed by atoms with Crippen LogP contribution in [0.5, 0.6) is 0 Å². The van der Waals surface area contributed by atoms with Crippen molar-refractivity contribution in [3.63, 3.8) is 0 Å². The van der Waals surface area contributed by atoms with E-state index in [1.807, 2.05) is 24.3 Å². The van der Waals surface area contributed by atoms with Crippen LogP contribution in [0.15, 0.2) is 48.5 Å². The number of aryl methyl sites for hydroxylation is 1. The van der Waals surface area contributed by atoms with Crippen molar-refractivity contribution in [2.75, 3.05) is 17.1 Å². The molecule has 0 heterocycles. The van der Waals surface area contributed by atoms with E-state index in [2.05, 4.69) is 5.32 Å².